The highest BCUT2D eigenvalue weighted by molar-refractivity contribution is 7.88. The average molecular weight is 223 g/mol. The summed E-state index contributed by atoms with van der Waals surface area (Å²) in [6.45, 7) is 1.44. The van der Waals surface area contributed by atoms with Crippen LogP contribution in [0.25, 0.3) is 10.9 Å². The molecule has 79 valence electrons. The summed E-state index contributed by atoms with van der Waals surface area (Å²) >= 11 is 0. The largest absolute Gasteiger partial charge is 0.357 e. The van der Waals surface area contributed by atoms with Crippen LogP contribution in [-0.4, -0.2) is 19.7 Å². The third-order valence-electron chi connectivity index (χ3n) is 1.98. The predicted octanol–water partition coefficient (Wildman–Crippen LogP) is 1.23. The molecule has 0 atom stereocenters. The number of para-hydroxylation sites is 1. The van der Waals surface area contributed by atoms with Crippen LogP contribution in [0.2, 0.25) is 0 Å². The van der Waals surface area contributed by atoms with Crippen LogP contribution in [0.4, 0.5) is 0 Å². The molecule has 0 aliphatic heterocycles. The Morgan fingerprint density at radius 1 is 1.33 bits per heavy atom. The van der Waals surface area contributed by atoms with E-state index in [1.807, 2.05) is 30.3 Å². The second-order valence-corrected chi connectivity index (χ2v) is 5.13. The molecule has 5 heteroatoms. The quantitative estimate of drug-likeness (QED) is 0.822. The van der Waals surface area contributed by atoms with Crippen LogP contribution in [0.3, 0.4) is 0 Å². The molecule has 2 aromatic rings. The summed E-state index contributed by atoms with van der Waals surface area (Å²) in [7, 11) is -3.19. The lowest BCUT2D eigenvalue weighted by Gasteiger charge is -1.97. The lowest BCUT2D eigenvalue weighted by atomic mass is 10.2. The minimum atomic E-state index is -3.19. The Hall–Kier alpha value is -1.33. The molecule has 0 saturated heterocycles. The van der Waals surface area contributed by atoms with Crippen molar-refractivity contribution in [2.45, 2.75) is 0 Å². The highest BCUT2D eigenvalue weighted by Gasteiger charge is 2.04. The van der Waals surface area contributed by atoms with E-state index >= 15 is 0 Å². The van der Waals surface area contributed by atoms with E-state index in [0.717, 1.165) is 22.9 Å². The normalized spacial score (nSPS) is 12.1. The Morgan fingerprint density at radius 2 is 2.07 bits per heavy atom. The molecule has 1 aromatic heterocycles. The van der Waals surface area contributed by atoms with Gasteiger partial charge in [-0.2, -0.15) is 0 Å². The van der Waals surface area contributed by atoms with Crippen molar-refractivity contribution in [2.24, 2.45) is 0 Å². The number of hydrogen-bond donors (Lipinski definition) is 2. The molecule has 15 heavy (non-hydrogen) atoms. The molecule has 0 saturated carbocycles. The van der Waals surface area contributed by atoms with Gasteiger partial charge in [0.25, 0.3) is 0 Å². The summed E-state index contributed by atoms with van der Waals surface area (Å²) in [6.07, 6.45) is 1.12. The van der Waals surface area contributed by atoms with Crippen molar-refractivity contribution in [3.8, 4) is 0 Å². The first-order chi connectivity index (χ1) is 7.04. The number of nitrogens with one attached hydrogen (secondary N) is 2. The van der Waals surface area contributed by atoms with Crippen LogP contribution < -0.4 is 4.72 Å². The maximum Gasteiger partial charge on any atom is 0.209 e. The number of H-pyrrole nitrogens is 1. The van der Waals surface area contributed by atoms with Gasteiger partial charge in [-0.1, -0.05) is 18.2 Å². The molecule has 0 bridgehead atoms. The first-order valence-corrected chi connectivity index (χ1v) is 6.32. The number of fused-ring (bicyclic) bond motifs is 1. The zero-order valence-corrected chi connectivity index (χ0v) is 9.01. The molecule has 0 aliphatic carbocycles. The topological polar surface area (TPSA) is 62.0 Å². The van der Waals surface area contributed by atoms with Gasteiger partial charge in [0.2, 0.25) is 10.0 Å². The fraction of sp³-hybridized carbons (Fsp3) is 0.100. The van der Waals surface area contributed by atoms with Crippen molar-refractivity contribution in [2.75, 3.05) is 6.26 Å². The van der Waals surface area contributed by atoms with Gasteiger partial charge in [0.05, 0.1) is 12.8 Å². The van der Waals surface area contributed by atoms with Gasteiger partial charge in [0.1, 0.15) is 0 Å². The number of hydrogen-bond acceptors (Lipinski definition) is 2. The van der Waals surface area contributed by atoms with Crippen LogP contribution in [0, 0.1) is 6.54 Å². The Bertz CT molecular complexity index is 539. The Balaban J connectivity index is 2.23. The zero-order valence-electron chi connectivity index (χ0n) is 8.19. The summed E-state index contributed by atoms with van der Waals surface area (Å²) < 4.78 is 24.0. The maximum atomic E-state index is 10.9. The van der Waals surface area contributed by atoms with Crippen molar-refractivity contribution >= 4 is 20.9 Å². The first-order valence-electron chi connectivity index (χ1n) is 4.43. The number of sulfonamides is 1. The highest BCUT2D eigenvalue weighted by atomic mass is 32.2. The fourth-order valence-electron chi connectivity index (χ4n) is 1.34. The Kier molecular flexibility index (Phi) is 2.50. The van der Waals surface area contributed by atoms with Gasteiger partial charge in [0, 0.05) is 11.2 Å². The highest BCUT2D eigenvalue weighted by Crippen LogP contribution is 2.14. The van der Waals surface area contributed by atoms with Gasteiger partial charge in [0.15, 0.2) is 0 Å². The smallest absolute Gasteiger partial charge is 0.209 e. The fourth-order valence-corrected chi connectivity index (χ4v) is 1.69. The van der Waals surface area contributed by atoms with E-state index in [2.05, 4.69) is 9.71 Å². The SMILES string of the molecule is CS(=O)(=O)N[CH]c1cc2ccccc2[nH]1. The van der Waals surface area contributed by atoms with Gasteiger partial charge in [-0.15, -0.1) is 0 Å². The molecule has 0 aliphatic rings. The summed E-state index contributed by atoms with van der Waals surface area (Å²) in [5.74, 6) is 0. The van der Waals surface area contributed by atoms with E-state index in [-0.39, 0.29) is 0 Å². The van der Waals surface area contributed by atoms with E-state index in [0.29, 0.717) is 0 Å². The molecule has 0 spiro atoms. The van der Waals surface area contributed by atoms with E-state index in [4.69, 9.17) is 0 Å². The molecule has 1 radical (unpaired) electrons. The van der Waals surface area contributed by atoms with Crippen LogP contribution in [0.15, 0.2) is 30.3 Å². The van der Waals surface area contributed by atoms with Crippen LogP contribution in [0.1, 0.15) is 5.69 Å². The number of rotatable bonds is 3. The number of aromatic nitrogens is 1. The molecular formula is C10H11N2O2S. The van der Waals surface area contributed by atoms with Crippen molar-refractivity contribution in [3.63, 3.8) is 0 Å². The third kappa shape index (κ3) is 2.57. The molecule has 0 unspecified atom stereocenters. The second kappa shape index (κ2) is 3.67. The van der Waals surface area contributed by atoms with Crippen LogP contribution in [-0.2, 0) is 10.0 Å². The molecule has 0 amide bonds. The van der Waals surface area contributed by atoms with Crippen LogP contribution in [0.5, 0.6) is 0 Å². The number of aromatic amines is 1. The second-order valence-electron chi connectivity index (χ2n) is 3.35. The first kappa shape index (κ1) is 10.2. The third-order valence-corrected chi connectivity index (χ3v) is 2.53. The lowest BCUT2D eigenvalue weighted by Crippen LogP contribution is -2.19. The minimum Gasteiger partial charge on any atom is -0.357 e. The Morgan fingerprint density at radius 3 is 2.73 bits per heavy atom. The molecule has 2 N–H and O–H groups in total. The monoisotopic (exact) mass is 223 g/mol. The van der Waals surface area contributed by atoms with E-state index in [1.165, 1.54) is 6.54 Å². The van der Waals surface area contributed by atoms with Crippen molar-refractivity contribution in [1.82, 2.24) is 9.71 Å². The van der Waals surface area contributed by atoms with Gasteiger partial charge in [-0.05, 0) is 17.5 Å². The van der Waals surface area contributed by atoms with Gasteiger partial charge >= 0.3 is 0 Å². The van der Waals surface area contributed by atoms with E-state index in [9.17, 15) is 8.42 Å². The number of benzene rings is 1. The van der Waals surface area contributed by atoms with Gasteiger partial charge < -0.3 is 4.98 Å². The van der Waals surface area contributed by atoms with Gasteiger partial charge in [-0.25, -0.2) is 13.1 Å². The van der Waals surface area contributed by atoms with Gasteiger partial charge in [-0.3, -0.25) is 0 Å². The summed E-state index contributed by atoms with van der Waals surface area (Å²) in [4.78, 5) is 3.09. The van der Waals surface area contributed by atoms with Crippen LogP contribution >= 0.6 is 0 Å². The average Bonchev–Trinajstić information content (AvgIpc) is 2.56. The molecule has 0 fully saturated rings. The van der Waals surface area contributed by atoms with Crippen molar-refractivity contribution in [1.29, 1.82) is 0 Å². The summed E-state index contributed by atoms with van der Waals surface area (Å²) in [6, 6.07) is 9.64. The summed E-state index contributed by atoms with van der Waals surface area (Å²) in [5.41, 5.74) is 1.72. The molecule has 4 nitrogen and oxygen atoms in total. The van der Waals surface area contributed by atoms with Crippen molar-refractivity contribution < 1.29 is 8.42 Å². The standard InChI is InChI=1S/C10H11N2O2S/c1-15(13,14)11-7-9-6-8-4-2-3-5-10(8)12-9/h2-7,11-12H,1H3. The maximum absolute atomic E-state index is 10.9. The molecule has 1 aromatic carbocycles. The van der Waals surface area contributed by atoms with Crippen molar-refractivity contribution in [3.05, 3.63) is 42.6 Å². The minimum absolute atomic E-state index is 0.738. The zero-order chi connectivity index (χ0) is 10.9. The van der Waals surface area contributed by atoms with E-state index in [1.54, 1.807) is 0 Å². The molecule has 2 rings (SSSR count). The van der Waals surface area contributed by atoms with E-state index < -0.39 is 10.0 Å². The molecular weight excluding hydrogens is 212 g/mol. The molecule has 1 heterocycles. The lowest BCUT2D eigenvalue weighted by molar-refractivity contribution is 0.594. The summed E-state index contributed by atoms with van der Waals surface area (Å²) in [5, 5.41) is 1.05. The predicted molar refractivity (Wildman–Crippen MR) is 59.7 cm³/mol. The Labute approximate surface area is 88.4 Å².